The fraction of sp³-hybridized carbons (Fsp3) is 0.474. The number of carbonyl (C=O) groups excluding carboxylic acids is 1. The van der Waals surface area contributed by atoms with E-state index in [1.165, 1.54) is 16.8 Å². The number of benzene rings is 1. The summed E-state index contributed by atoms with van der Waals surface area (Å²) in [5, 5.41) is 0. The Labute approximate surface area is 143 Å². The van der Waals surface area contributed by atoms with Crippen LogP contribution >= 0.6 is 0 Å². The van der Waals surface area contributed by atoms with Crippen LogP contribution in [0.1, 0.15) is 23.2 Å². The van der Waals surface area contributed by atoms with Crippen LogP contribution in [0.2, 0.25) is 0 Å². The summed E-state index contributed by atoms with van der Waals surface area (Å²) in [6, 6.07) is 6.58. The number of nitrogens with zero attached hydrogens (tertiary/aromatic N) is 4. The molecule has 2 aromatic rings. The average molecular weight is 326 g/mol. The van der Waals surface area contributed by atoms with E-state index in [-0.39, 0.29) is 5.91 Å². The molecule has 0 atom stereocenters. The molecule has 0 unspecified atom stereocenters. The fourth-order valence-electron chi connectivity index (χ4n) is 3.33. The van der Waals surface area contributed by atoms with Gasteiger partial charge in [-0.2, -0.15) is 0 Å². The molecule has 1 saturated heterocycles. The minimum atomic E-state index is 0.238. The number of hydrogen-bond donors (Lipinski definition) is 0. The van der Waals surface area contributed by atoms with Gasteiger partial charge in [-0.25, -0.2) is 4.98 Å². The molecule has 0 N–H and O–H groups in total. The minimum Gasteiger partial charge on any atom is -0.368 e. The topological polar surface area (TPSA) is 41.4 Å². The fourth-order valence-corrected chi connectivity index (χ4v) is 3.33. The van der Waals surface area contributed by atoms with E-state index in [0.29, 0.717) is 13.0 Å². The Hall–Kier alpha value is -2.30. The Bertz CT molecular complexity index is 714. The van der Waals surface area contributed by atoms with Crippen molar-refractivity contribution >= 4 is 11.6 Å². The SMILES string of the molecule is Cc1ccc(N2CCN(C(=O)CCn3cnc(C)c3)CC2)c(C)c1. The molecule has 1 aromatic heterocycles. The highest BCUT2D eigenvalue weighted by Gasteiger charge is 2.21. The summed E-state index contributed by atoms with van der Waals surface area (Å²) in [7, 11) is 0. The van der Waals surface area contributed by atoms with E-state index < -0.39 is 0 Å². The summed E-state index contributed by atoms with van der Waals surface area (Å²) in [5.41, 5.74) is 4.89. The van der Waals surface area contributed by atoms with Gasteiger partial charge in [0.25, 0.3) is 0 Å². The molecule has 3 rings (SSSR count). The molecule has 1 aliphatic heterocycles. The highest BCUT2D eigenvalue weighted by Crippen LogP contribution is 2.22. The second-order valence-corrected chi connectivity index (χ2v) is 6.66. The molecule has 5 nitrogen and oxygen atoms in total. The molecule has 128 valence electrons. The maximum atomic E-state index is 12.4. The molecule has 24 heavy (non-hydrogen) atoms. The lowest BCUT2D eigenvalue weighted by Gasteiger charge is -2.37. The predicted octanol–water partition coefficient (Wildman–Crippen LogP) is 2.55. The zero-order valence-corrected chi connectivity index (χ0v) is 14.8. The molecule has 0 spiro atoms. The highest BCUT2D eigenvalue weighted by atomic mass is 16.2. The third-order valence-corrected chi connectivity index (χ3v) is 4.67. The molecule has 1 aliphatic rings. The van der Waals surface area contributed by atoms with Gasteiger partial charge in [-0.05, 0) is 32.4 Å². The lowest BCUT2D eigenvalue weighted by atomic mass is 10.1. The van der Waals surface area contributed by atoms with Crippen LogP contribution in [0.25, 0.3) is 0 Å². The van der Waals surface area contributed by atoms with Gasteiger partial charge in [0.15, 0.2) is 0 Å². The molecule has 0 bridgehead atoms. The maximum Gasteiger partial charge on any atom is 0.224 e. The molecule has 0 aliphatic carbocycles. The van der Waals surface area contributed by atoms with Crippen molar-refractivity contribution in [3.63, 3.8) is 0 Å². The van der Waals surface area contributed by atoms with E-state index in [4.69, 9.17) is 0 Å². The predicted molar refractivity (Wildman–Crippen MR) is 96.3 cm³/mol. The van der Waals surface area contributed by atoms with Gasteiger partial charge in [0.1, 0.15) is 0 Å². The molecular weight excluding hydrogens is 300 g/mol. The minimum absolute atomic E-state index is 0.238. The smallest absolute Gasteiger partial charge is 0.224 e. The first kappa shape index (κ1) is 16.6. The van der Waals surface area contributed by atoms with Gasteiger partial charge in [-0.15, -0.1) is 0 Å². The van der Waals surface area contributed by atoms with Gasteiger partial charge in [-0.3, -0.25) is 4.79 Å². The van der Waals surface area contributed by atoms with Crippen molar-refractivity contribution < 1.29 is 4.79 Å². The van der Waals surface area contributed by atoms with Gasteiger partial charge in [0.05, 0.1) is 12.0 Å². The van der Waals surface area contributed by atoms with Crippen LogP contribution < -0.4 is 4.90 Å². The number of imidazole rings is 1. The van der Waals surface area contributed by atoms with Crippen molar-refractivity contribution in [2.24, 2.45) is 0 Å². The highest BCUT2D eigenvalue weighted by molar-refractivity contribution is 5.76. The molecular formula is C19H26N4O. The second kappa shape index (κ2) is 7.07. The molecule has 5 heteroatoms. The molecule has 0 saturated carbocycles. The van der Waals surface area contributed by atoms with Crippen LogP contribution in [0.3, 0.4) is 0 Å². The molecule has 2 heterocycles. The first-order valence-electron chi connectivity index (χ1n) is 8.61. The van der Waals surface area contributed by atoms with Crippen molar-refractivity contribution in [3.8, 4) is 0 Å². The Morgan fingerprint density at radius 1 is 1.12 bits per heavy atom. The maximum absolute atomic E-state index is 12.4. The summed E-state index contributed by atoms with van der Waals surface area (Å²) in [6.07, 6.45) is 4.31. The van der Waals surface area contributed by atoms with Gasteiger partial charge >= 0.3 is 0 Å². The van der Waals surface area contributed by atoms with Crippen molar-refractivity contribution in [2.75, 3.05) is 31.1 Å². The van der Waals surface area contributed by atoms with Crippen molar-refractivity contribution in [2.45, 2.75) is 33.7 Å². The molecule has 0 radical (unpaired) electrons. The van der Waals surface area contributed by atoms with E-state index in [1.54, 1.807) is 6.33 Å². The number of anilines is 1. The van der Waals surface area contributed by atoms with Crippen LogP contribution in [0, 0.1) is 20.8 Å². The van der Waals surface area contributed by atoms with Crippen LogP contribution in [0.15, 0.2) is 30.7 Å². The number of hydrogen-bond acceptors (Lipinski definition) is 3. The van der Waals surface area contributed by atoms with E-state index >= 15 is 0 Å². The Kier molecular flexibility index (Phi) is 4.88. The molecule has 1 fully saturated rings. The first-order chi connectivity index (χ1) is 11.5. The number of aryl methyl sites for hydroxylation is 4. The number of piperazine rings is 1. The lowest BCUT2D eigenvalue weighted by Crippen LogP contribution is -2.49. The van der Waals surface area contributed by atoms with Crippen molar-refractivity contribution in [1.82, 2.24) is 14.5 Å². The van der Waals surface area contributed by atoms with Gasteiger partial charge in [0.2, 0.25) is 5.91 Å². The van der Waals surface area contributed by atoms with E-state index in [2.05, 4.69) is 41.9 Å². The van der Waals surface area contributed by atoms with Crippen LogP contribution in [-0.2, 0) is 11.3 Å². The molecule has 1 amide bonds. The van der Waals surface area contributed by atoms with Gasteiger partial charge in [-0.1, -0.05) is 17.7 Å². The summed E-state index contributed by atoms with van der Waals surface area (Å²) in [4.78, 5) is 21.0. The Balaban J connectivity index is 1.51. The third-order valence-electron chi connectivity index (χ3n) is 4.67. The summed E-state index contributed by atoms with van der Waals surface area (Å²) in [6.45, 7) is 10.4. The standard InChI is InChI=1S/C19H26N4O/c1-15-4-5-18(16(2)12-15)22-8-10-23(11-9-22)19(24)6-7-21-13-17(3)20-14-21/h4-5,12-14H,6-11H2,1-3H3. The monoisotopic (exact) mass is 326 g/mol. The zero-order valence-electron chi connectivity index (χ0n) is 14.8. The van der Waals surface area contributed by atoms with E-state index in [1.807, 2.05) is 22.6 Å². The first-order valence-corrected chi connectivity index (χ1v) is 8.61. The summed E-state index contributed by atoms with van der Waals surface area (Å²) in [5.74, 6) is 0.238. The number of rotatable bonds is 4. The third kappa shape index (κ3) is 3.78. The van der Waals surface area contributed by atoms with Gasteiger partial charge in [0, 0.05) is 51.0 Å². The Morgan fingerprint density at radius 2 is 1.88 bits per heavy atom. The van der Waals surface area contributed by atoms with E-state index in [9.17, 15) is 4.79 Å². The average Bonchev–Trinajstić information content (AvgIpc) is 2.98. The zero-order chi connectivity index (χ0) is 17.1. The quantitative estimate of drug-likeness (QED) is 0.867. The van der Waals surface area contributed by atoms with Crippen molar-refractivity contribution in [3.05, 3.63) is 47.5 Å². The number of amides is 1. The summed E-state index contributed by atoms with van der Waals surface area (Å²) < 4.78 is 1.99. The number of carbonyl (C=O) groups is 1. The largest absolute Gasteiger partial charge is 0.368 e. The Morgan fingerprint density at radius 3 is 2.50 bits per heavy atom. The van der Waals surface area contributed by atoms with Crippen LogP contribution in [-0.4, -0.2) is 46.5 Å². The normalized spacial score (nSPS) is 15.0. The number of aromatic nitrogens is 2. The second-order valence-electron chi connectivity index (χ2n) is 6.66. The van der Waals surface area contributed by atoms with Crippen LogP contribution in [0.5, 0.6) is 0 Å². The van der Waals surface area contributed by atoms with Crippen LogP contribution in [0.4, 0.5) is 5.69 Å². The van der Waals surface area contributed by atoms with E-state index in [0.717, 1.165) is 31.9 Å². The van der Waals surface area contributed by atoms with Crippen molar-refractivity contribution in [1.29, 1.82) is 0 Å². The van der Waals surface area contributed by atoms with Gasteiger partial charge < -0.3 is 14.4 Å². The molecule has 1 aromatic carbocycles. The summed E-state index contributed by atoms with van der Waals surface area (Å²) >= 11 is 0. The lowest BCUT2D eigenvalue weighted by molar-refractivity contribution is -0.131.